The van der Waals surface area contributed by atoms with E-state index in [1.165, 1.54) is 38.9 Å². The van der Waals surface area contributed by atoms with E-state index in [1.54, 1.807) is 4.31 Å². The van der Waals surface area contributed by atoms with Gasteiger partial charge in [0.05, 0.1) is 5.75 Å². The molecule has 0 saturated carbocycles. The van der Waals surface area contributed by atoms with Crippen molar-refractivity contribution in [3.63, 3.8) is 0 Å². The van der Waals surface area contributed by atoms with E-state index in [2.05, 4.69) is 16.7 Å². The third-order valence-corrected chi connectivity index (χ3v) is 8.18. The van der Waals surface area contributed by atoms with Crippen molar-refractivity contribution >= 4 is 10.0 Å². The highest BCUT2D eigenvalue weighted by molar-refractivity contribution is 7.88. The molecule has 3 aliphatic rings. The number of fused-ring (bicyclic) bond motifs is 1. The van der Waals surface area contributed by atoms with Gasteiger partial charge in [-0.3, -0.25) is 4.90 Å². The number of benzene rings is 1. The summed E-state index contributed by atoms with van der Waals surface area (Å²) in [5, 5.41) is 0. The van der Waals surface area contributed by atoms with E-state index in [-0.39, 0.29) is 5.75 Å². The molecule has 2 atom stereocenters. The minimum Gasteiger partial charge on any atom is -0.303 e. The zero-order valence-corrected chi connectivity index (χ0v) is 16.6. The van der Waals surface area contributed by atoms with Crippen LogP contribution in [-0.4, -0.2) is 73.9 Å². The maximum Gasteiger partial charge on any atom is 0.218 e. The molecule has 0 aromatic heterocycles. The molecule has 2 unspecified atom stereocenters. The maximum absolute atomic E-state index is 12.8. The van der Waals surface area contributed by atoms with Gasteiger partial charge < -0.3 is 4.90 Å². The summed E-state index contributed by atoms with van der Waals surface area (Å²) >= 11 is 0. The number of sulfonamides is 1. The number of nitrogens with zero attached hydrogens (tertiary/aromatic N) is 3. The van der Waals surface area contributed by atoms with Gasteiger partial charge in [0.2, 0.25) is 10.0 Å². The first-order valence-electron chi connectivity index (χ1n) is 10.1. The van der Waals surface area contributed by atoms with Crippen LogP contribution in [0.4, 0.5) is 0 Å². The Balaban J connectivity index is 1.33. The van der Waals surface area contributed by atoms with Crippen LogP contribution in [0, 0.1) is 5.92 Å². The van der Waals surface area contributed by atoms with E-state index < -0.39 is 10.0 Å². The van der Waals surface area contributed by atoms with Gasteiger partial charge in [0, 0.05) is 37.6 Å². The lowest BCUT2D eigenvalue weighted by Crippen LogP contribution is -2.61. The van der Waals surface area contributed by atoms with Crippen LogP contribution in [-0.2, 0) is 15.8 Å². The van der Waals surface area contributed by atoms with Crippen LogP contribution in [0.25, 0.3) is 0 Å². The first-order chi connectivity index (χ1) is 12.6. The lowest BCUT2D eigenvalue weighted by atomic mass is 9.87. The van der Waals surface area contributed by atoms with Gasteiger partial charge in [-0.25, -0.2) is 8.42 Å². The van der Waals surface area contributed by atoms with E-state index in [0.29, 0.717) is 31.1 Å². The average molecular weight is 378 g/mol. The molecule has 3 saturated heterocycles. The molecule has 0 spiro atoms. The normalized spacial score (nSPS) is 28.8. The van der Waals surface area contributed by atoms with Gasteiger partial charge >= 0.3 is 0 Å². The fraction of sp³-hybridized carbons (Fsp3) is 0.700. The summed E-state index contributed by atoms with van der Waals surface area (Å²) in [6.07, 6.45) is 3.70. The number of hydrogen-bond donors (Lipinski definition) is 0. The lowest BCUT2D eigenvalue weighted by molar-refractivity contribution is -0.0168. The molecule has 5 nitrogen and oxygen atoms in total. The molecule has 6 heteroatoms. The molecule has 3 aliphatic heterocycles. The Morgan fingerprint density at radius 1 is 1.04 bits per heavy atom. The Morgan fingerprint density at radius 3 is 2.46 bits per heavy atom. The number of rotatable bonds is 6. The van der Waals surface area contributed by atoms with E-state index in [1.807, 2.05) is 30.3 Å². The summed E-state index contributed by atoms with van der Waals surface area (Å²) in [5.74, 6) is 0.664. The van der Waals surface area contributed by atoms with Gasteiger partial charge in [0.25, 0.3) is 0 Å². The van der Waals surface area contributed by atoms with E-state index in [9.17, 15) is 8.42 Å². The monoisotopic (exact) mass is 377 g/mol. The fourth-order valence-corrected chi connectivity index (χ4v) is 6.55. The minimum atomic E-state index is -3.21. The van der Waals surface area contributed by atoms with Crippen LogP contribution >= 0.6 is 0 Å². The van der Waals surface area contributed by atoms with Gasteiger partial charge in [0.1, 0.15) is 0 Å². The predicted octanol–water partition coefficient (Wildman–Crippen LogP) is 2.01. The van der Waals surface area contributed by atoms with Crippen molar-refractivity contribution in [1.82, 2.24) is 14.1 Å². The van der Waals surface area contributed by atoms with Crippen LogP contribution in [0.5, 0.6) is 0 Å². The third-order valence-electron chi connectivity index (χ3n) is 6.40. The minimum absolute atomic E-state index is 0.128. The van der Waals surface area contributed by atoms with Crippen LogP contribution in [0.15, 0.2) is 30.3 Å². The molecule has 0 amide bonds. The van der Waals surface area contributed by atoms with Gasteiger partial charge in [-0.2, -0.15) is 4.31 Å². The van der Waals surface area contributed by atoms with E-state index in [4.69, 9.17) is 0 Å². The summed E-state index contributed by atoms with van der Waals surface area (Å²) in [6.45, 7) is 8.34. The number of piperidine rings is 1. The van der Waals surface area contributed by atoms with E-state index >= 15 is 0 Å². The molecule has 144 valence electrons. The Morgan fingerprint density at radius 2 is 1.77 bits per heavy atom. The molecular weight excluding hydrogens is 346 g/mol. The first kappa shape index (κ1) is 18.4. The van der Waals surface area contributed by atoms with Crippen molar-refractivity contribution < 1.29 is 8.42 Å². The van der Waals surface area contributed by atoms with Crippen LogP contribution in [0.1, 0.15) is 31.7 Å². The highest BCUT2D eigenvalue weighted by atomic mass is 32.2. The van der Waals surface area contributed by atoms with E-state index in [0.717, 1.165) is 12.1 Å². The zero-order chi connectivity index (χ0) is 18.1. The molecule has 26 heavy (non-hydrogen) atoms. The largest absolute Gasteiger partial charge is 0.303 e. The highest BCUT2D eigenvalue weighted by Crippen LogP contribution is 2.37. The maximum atomic E-state index is 12.8. The van der Waals surface area contributed by atoms with Crippen LogP contribution in [0.2, 0.25) is 0 Å². The van der Waals surface area contributed by atoms with Gasteiger partial charge in [0.15, 0.2) is 0 Å². The van der Waals surface area contributed by atoms with Gasteiger partial charge in [-0.1, -0.05) is 37.3 Å². The summed E-state index contributed by atoms with van der Waals surface area (Å²) in [5.41, 5.74) is 0.881. The van der Waals surface area contributed by atoms with Crippen molar-refractivity contribution in [2.24, 2.45) is 5.92 Å². The molecular formula is C20H31N3O2S. The Hall–Kier alpha value is -0.950. The smallest absolute Gasteiger partial charge is 0.218 e. The Bertz CT molecular complexity index is 701. The molecule has 0 bridgehead atoms. The summed E-state index contributed by atoms with van der Waals surface area (Å²) in [6, 6.07) is 10.6. The molecule has 1 aromatic rings. The lowest BCUT2D eigenvalue weighted by Gasteiger charge is -2.50. The second-order valence-corrected chi connectivity index (χ2v) is 10.1. The van der Waals surface area contributed by atoms with Gasteiger partial charge in [-0.15, -0.1) is 0 Å². The molecule has 3 heterocycles. The first-order valence-corrected chi connectivity index (χ1v) is 11.7. The Kier molecular flexibility index (Phi) is 5.37. The number of likely N-dealkylation sites (tertiary alicyclic amines) is 2. The van der Waals surface area contributed by atoms with Crippen LogP contribution < -0.4 is 0 Å². The van der Waals surface area contributed by atoms with Gasteiger partial charge in [-0.05, 0) is 44.5 Å². The summed E-state index contributed by atoms with van der Waals surface area (Å²) < 4.78 is 27.4. The number of hydrogen-bond acceptors (Lipinski definition) is 4. The summed E-state index contributed by atoms with van der Waals surface area (Å²) in [7, 11) is -3.21. The fourth-order valence-electron chi connectivity index (χ4n) is 4.95. The molecule has 0 aliphatic carbocycles. The average Bonchev–Trinajstić information content (AvgIpc) is 2.95. The van der Waals surface area contributed by atoms with Crippen molar-refractivity contribution in [2.75, 3.05) is 39.3 Å². The predicted molar refractivity (Wildman–Crippen MR) is 104 cm³/mol. The van der Waals surface area contributed by atoms with Crippen molar-refractivity contribution in [2.45, 2.75) is 44.0 Å². The summed E-state index contributed by atoms with van der Waals surface area (Å²) in [4.78, 5) is 5.17. The van der Waals surface area contributed by atoms with Crippen LogP contribution in [0.3, 0.4) is 0 Å². The second-order valence-electron chi connectivity index (χ2n) is 8.16. The SMILES string of the molecule is CCCN1CCC(N2CC3CN(S(=O)(=O)Cc4ccccc4)CC32)CC1. The molecule has 0 N–H and O–H groups in total. The molecule has 1 aromatic carbocycles. The zero-order valence-electron chi connectivity index (χ0n) is 15.8. The second kappa shape index (κ2) is 7.58. The quantitative estimate of drug-likeness (QED) is 0.761. The molecule has 0 radical (unpaired) electrons. The Labute approximate surface area is 158 Å². The van der Waals surface area contributed by atoms with Crippen molar-refractivity contribution in [3.8, 4) is 0 Å². The van der Waals surface area contributed by atoms with Crippen molar-refractivity contribution in [1.29, 1.82) is 0 Å². The topological polar surface area (TPSA) is 43.9 Å². The standard InChI is InChI=1S/C20H31N3O2S/c1-2-10-21-11-8-19(9-12-21)23-14-18-13-22(15-20(18)23)26(24,25)16-17-6-4-3-5-7-17/h3-7,18-20H,2,8-16H2,1H3. The molecule has 4 rings (SSSR count). The highest BCUT2D eigenvalue weighted by Gasteiger charge is 2.50. The molecule has 3 fully saturated rings. The third kappa shape index (κ3) is 3.70. The van der Waals surface area contributed by atoms with Crippen molar-refractivity contribution in [3.05, 3.63) is 35.9 Å².